The van der Waals surface area contributed by atoms with E-state index in [1.54, 1.807) is 4.57 Å². The molecule has 2 aliphatic rings. The highest BCUT2D eigenvalue weighted by Crippen LogP contribution is 2.44. The lowest BCUT2D eigenvalue weighted by Gasteiger charge is -2.17. The molecule has 2 fully saturated rings. The first-order chi connectivity index (χ1) is 10.7. The molecule has 1 aromatic rings. The zero-order valence-electron chi connectivity index (χ0n) is 13.0. The highest BCUT2D eigenvalue weighted by atomic mass is 32.2. The van der Waals surface area contributed by atoms with E-state index < -0.39 is 0 Å². The second-order valence-electron chi connectivity index (χ2n) is 6.37. The fourth-order valence-electron chi connectivity index (χ4n) is 2.82. The molecule has 7 heteroatoms. The molecule has 0 aliphatic heterocycles. The Hall–Kier alpha value is -1.24. The molecule has 2 N–H and O–H groups in total. The first-order valence-electron chi connectivity index (χ1n) is 8.26. The quantitative estimate of drug-likeness (QED) is 0.679. The average Bonchev–Trinajstić information content (AvgIpc) is 3.40. The summed E-state index contributed by atoms with van der Waals surface area (Å²) < 4.78 is 1.63. The molecule has 2 saturated carbocycles. The molecule has 1 aromatic heterocycles. The van der Waals surface area contributed by atoms with Crippen LogP contribution in [-0.4, -0.2) is 32.5 Å². The van der Waals surface area contributed by atoms with Crippen molar-refractivity contribution in [1.29, 1.82) is 0 Å². The number of aromatic nitrogens is 3. The third kappa shape index (κ3) is 3.94. The number of hydrogen-bond acceptors (Lipinski definition) is 4. The van der Waals surface area contributed by atoms with E-state index in [0.717, 1.165) is 12.8 Å². The largest absolute Gasteiger partial charge is 0.352 e. The van der Waals surface area contributed by atoms with Crippen molar-refractivity contribution >= 4 is 17.7 Å². The van der Waals surface area contributed by atoms with Gasteiger partial charge in [-0.3, -0.25) is 9.36 Å². The number of aromatic amines is 1. The summed E-state index contributed by atoms with van der Waals surface area (Å²) in [5.74, 6) is 1.79. The Labute approximate surface area is 134 Å². The van der Waals surface area contributed by atoms with E-state index >= 15 is 0 Å². The lowest BCUT2D eigenvalue weighted by molar-refractivity contribution is -0.119. The van der Waals surface area contributed by atoms with Gasteiger partial charge in [-0.25, -0.2) is 9.89 Å². The third-order valence-corrected chi connectivity index (χ3v) is 5.35. The fourth-order valence-corrected chi connectivity index (χ4v) is 3.60. The number of thioether (sulfide) groups is 1. The average molecular weight is 324 g/mol. The van der Waals surface area contributed by atoms with E-state index in [4.69, 9.17) is 0 Å². The molecule has 1 heterocycles. The van der Waals surface area contributed by atoms with Gasteiger partial charge in [0.25, 0.3) is 0 Å². The Morgan fingerprint density at radius 1 is 1.41 bits per heavy atom. The summed E-state index contributed by atoms with van der Waals surface area (Å²) in [5.41, 5.74) is -0.190. The summed E-state index contributed by atoms with van der Waals surface area (Å²) in [6.45, 7) is 2.74. The minimum absolute atomic E-state index is 0.0614. The van der Waals surface area contributed by atoms with Crippen molar-refractivity contribution in [3.05, 3.63) is 10.5 Å². The van der Waals surface area contributed by atoms with Crippen molar-refractivity contribution in [2.75, 3.05) is 5.75 Å². The van der Waals surface area contributed by atoms with Crippen LogP contribution in [0, 0.1) is 11.8 Å². The van der Waals surface area contributed by atoms with Crippen molar-refractivity contribution < 1.29 is 4.79 Å². The molecular weight excluding hydrogens is 300 g/mol. The number of carbonyl (C=O) groups is 1. The van der Waals surface area contributed by atoms with E-state index in [1.165, 1.54) is 37.4 Å². The third-order valence-electron chi connectivity index (χ3n) is 4.38. The number of rotatable bonds is 9. The maximum atomic E-state index is 12.2. The molecule has 6 nitrogen and oxygen atoms in total. The Morgan fingerprint density at radius 3 is 2.68 bits per heavy atom. The molecule has 122 valence electrons. The highest BCUT2D eigenvalue weighted by molar-refractivity contribution is 7.99. The summed E-state index contributed by atoms with van der Waals surface area (Å²) in [7, 11) is 0. The minimum Gasteiger partial charge on any atom is -0.352 e. The van der Waals surface area contributed by atoms with Crippen molar-refractivity contribution in [3.63, 3.8) is 0 Å². The smallest absolute Gasteiger partial charge is 0.343 e. The van der Waals surface area contributed by atoms with Gasteiger partial charge in [0, 0.05) is 12.6 Å². The predicted molar refractivity (Wildman–Crippen MR) is 85.9 cm³/mol. The van der Waals surface area contributed by atoms with Gasteiger partial charge in [-0.1, -0.05) is 25.1 Å². The molecule has 0 spiro atoms. The lowest BCUT2D eigenvalue weighted by Crippen LogP contribution is -2.39. The van der Waals surface area contributed by atoms with Crippen LogP contribution in [0.5, 0.6) is 0 Å². The van der Waals surface area contributed by atoms with Crippen LogP contribution in [0.25, 0.3) is 0 Å². The van der Waals surface area contributed by atoms with Crippen LogP contribution >= 0.6 is 11.8 Å². The first kappa shape index (κ1) is 15.6. The van der Waals surface area contributed by atoms with Crippen LogP contribution in [0.3, 0.4) is 0 Å². The van der Waals surface area contributed by atoms with Crippen LogP contribution < -0.4 is 11.0 Å². The Balaban J connectivity index is 1.51. The molecule has 1 amide bonds. The SMILES string of the molecule is CCCCn1c(SCC(=O)NC(C2CC2)C2CC2)n[nH]c1=O. The van der Waals surface area contributed by atoms with Gasteiger partial charge >= 0.3 is 5.69 Å². The van der Waals surface area contributed by atoms with Crippen molar-refractivity contribution in [1.82, 2.24) is 20.1 Å². The zero-order valence-corrected chi connectivity index (χ0v) is 13.8. The Bertz CT molecular complexity index is 562. The Morgan fingerprint density at radius 2 is 2.09 bits per heavy atom. The second-order valence-corrected chi connectivity index (χ2v) is 7.32. The van der Waals surface area contributed by atoms with Gasteiger partial charge in [0.15, 0.2) is 5.16 Å². The Kier molecular flexibility index (Phi) is 4.90. The highest BCUT2D eigenvalue weighted by Gasteiger charge is 2.42. The molecule has 0 radical (unpaired) electrons. The number of H-pyrrole nitrogens is 1. The molecule has 3 rings (SSSR count). The molecule has 2 aliphatic carbocycles. The summed E-state index contributed by atoms with van der Waals surface area (Å²) in [4.78, 5) is 23.9. The topological polar surface area (TPSA) is 79.8 Å². The van der Waals surface area contributed by atoms with Crippen LogP contribution in [-0.2, 0) is 11.3 Å². The number of nitrogens with zero attached hydrogens (tertiary/aromatic N) is 2. The van der Waals surface area contributed by atoms with E-state index in [9.17, 15) is 9.59 Å². The lowest BCUT2D eigenvalue weighted by atomic mass is 10.1. The van der Waals surface area contributed by atoms with Gasteiger partial charge in [0.1, 0.15) is 0 Å². The van der Waals surface area contributed by atoms with Gasteiger partial charge in [0.05, 0.1) is 5.75 Å². The summed E-state index contributed by atoms with van der Waals surface area (Å²) in [6.07, 6.45) is 6.97. The van der Waals surface area contributed by atoms with E-state index in [0.29, 0.717) is 35.3 Å². The molecule has 0 bridgehead atoms. The van der Waals surface area contributed by atoms with Crippen molar-refractivity contribution in [2.24, 2.45) is 11.8 Å². The maximum Gasteiger partial charge on any atom is 0.343 e. The van der Waals surface area contributed by atoms with Crippen LogP contribution in [0.2, 0.25) is 0 Å². The van der Waals surface area contributed by atoms with Crippen LogP contribution in [0.4, 0.5) is 0 Å². The maximum absolute atomic E-state index is 12.2. The van der Waals surface area contributed by atoms with Crippen molar-refractivity contribution in [2.45, 2.75) is 63.2 Å². The minimum atomic E-state index is -0.190. The second kappa shape index (κ2) is 6.89. The summed E-state index contributed by atoms with van der Waals surface area (Å²) in [6, 6.07) is 0.384. The fraction of sp³-hybridized carbons (Fsp3) is 0.800. The number of hydrogen-bond donors (Lipinski definition) is 2. The zero-order chi connectivity index (χ0) is 15.5. The van der Waals surface area contributed by atoms with Gasteiger partial charge in [-0.05, 0) is 43.9 Å². The predicted octanol–water partition coefficient (Wildman–Crippen LogP) is 1.77. The van der Waals surface area contributed by atoms with E-state index in [1.807, 2.05) is 0 Å². The molecule has 0 aromatic carbocycles. The van der Waals surface area contributed by atoms with Gasteiger partial charge < -0.3 is 5.32 Å². The number of carbonyl (C=O) groups excluding carboxylic acids is 1. The molecular formula is C15H24N4O2S. The summed E-state index contributed by atoms with van der Waals surface area (Å²) in [5, 5.41) is 10.3. The van der Waals surface area contributed by atoms with Gasteiger partial charge in [-0.15, -0.1) is 5.10 Å². The standard InChI is InChI=1S/C15H24N4O2S/c1-2-3-8-19-14(21)17-18-15(19)22-9-12(20)16-13(10-4-5-10)11-6-7-11/h10-11,13H,2-9H2,1H3,(H,16,20)(H,17,21). The number of amides is 1. The molecule has 0 unspecified atom stereocenters. The monoisotopic (exact) mass is 324 g/mol. The first-order valence-corrected chi connectivity index (χ1v) is 9.25. The van der Waals surface area contributed by atoms with Crippen LogP contribution in [0.15, 0.2) is 9.95 Å². The number of nitrogens with one attached hydrogen (secondary N) is 2. The molecule has 22 heavy (non-hydrogen) atoms. The normalized spacial score (nSPS) is 17.9. The van der Waals surface area contributed by atoms with Gasteiger partial charge in [-0.2, -0.15) is 0 Å². The van der Waals surface area contributed by atoms with Crippen molar-refractivity contribution in [3.8, 4) is 0 Å². The molecule has 0 atom stereocenters. The molecule has 0 saturated heterocycles. The van der Waals surface area contributed by atoms with Crippen LogP contribution in [0.1, 0.15) is 45.4 Å². The number of unbranched alkanes of at least 4 members (excludes halogenated alkanes) is 1. The van der Waals surface area contributed by atoms with E-state index in [2.05, 4.69) is 22.4 Å². The van der Waals surface area contributed by atoms with Gasteiger partial charge in [0.2, 0.25) is 5.91 Å². The van der Waals surface area contributed by atoms with E-state index in [-0.39, 0.29) is 11.6 Å². The summed E-state index contributed by atoms with van der Waals surface area (Å²) >= 11 is 1.34.